The van der Waals surface area contributed by atoms with Crippen LogP contribution in [-0.2, 0) is 6.54 Å². The summed E-state index contributed by atoms with van der Waals surface area (Å²) < 4.78 is 0. The monoisotopic (exact) mass is 215 g/mol. The zero-order valence-electron chi connectivity index (χ0n) is 9.66. The summed E-state index contributed by atoms with van der Waals surface area (Å²) in [7, 11) is 0. The number of fused-ring (bicyclic) bond motifs is 1. The van der Waals surface area contributed by atoms with Gasteiger partial charge in [-0.2, -0.15) is 5.10 Å². The first kappa shape index (κ1) is 9.85. The first-order valence-electron chi connectivity index (χ1n) is 5.99. The van der Waals surface area contributed by atoms with Crippen LogP contribution < -0.4 is 0 Å². The Balaban J connectivity index is 1.91. The van der Waals surface area contributed by atoms with E-state index in [0.29, 0.717) is 0 Å². The van der Waals surface area contributed by atoms with Crippen molar-refractivity contribution < 1.29 is 0 Å². The SMILES string of the molecule is Cc1ccc2c(CN3CCCC3)[nH]nc2c1. The van der Waals surface area contributed by atoms with Crippen LogP contribution in [0.1, 0.15) is 24.1 Å². The van der Waals surface area contributed by atoms with Gasteiger partial charge in [0, 0.05) is 11.9 Å². The lowest BCUT2D eigenvalue weighted by Crippen LogP contribution is -2.18. The molecule has 0 spiro atoms. The second-order valence-electron chi connectivity index (χ2n) is 4.71. The lowest BCUT2D eigenvalue weighted by molar-refractivity contribution is 0.328. The Kier molecular flexibility index (Phi) is 2.40. The number of nitrogens with zero attached hydrogens (tertiary/aromatic N) is 2. The smallest absolute Gasteiger partial charge is 0.0926 e. The third kappa shape index (κ3) is 1.71. The van der Waals surface area contributed by atoms with Crippen molar-refractivity contribution in [1.82, 2.24) is 15.1 Å². The molecule has 1 aromatic carbocycles. The number of likely N-dealkylation sites (tertiary alicyclic amines) is 1. The lowest BCUT2D eigenvalue weighted by Gasteiger charge is -2.12. The zero-order valence-corrected chi connectivity index (χ0v) is 9.66. The topological polar surface area (TPSA) is 31.9 Å². The Labute approximate surface area is 95.5 Å². The molecule has 3 heteroatoms. The molecule has 1 N–H and O–H groups in total. The maximum absolute atomic E-state index is 4.37. The minimum absolute atomic E-state index is 1.01. The van der Waals surface area contributed by atoms with E-state index in [1.54, 1.807) is 0 Å². The fourth-order valence-electron chi connectivity index (χ4n) is 2.46. The molecule has 2 heterocycles. The van der Waals surface area contributed by atoms with Crippen molar-refractivity contribution >= 4 is 10.9 Å². The first-order chi connectivity index (χ1) is 7.83. The van der Waals surface area contributed by atoms with Gasteiger partial charge in [-0.3, -0.25) is 10.00 Å². The fraction of sp³-hybridized carbons (Fsp3) is 0.462. The second-order valence-corrected chi connectivity index (χ2v) is 4.71. The Bertz CT molecular complexity index is 495. The average molecular weight is 215 g/mol. The number of hydrogen-bond donors (Lipinski definition) is 1. The molecule has 0 unspecified atom stereocenters. The van der Waals surface area contributed by atoms with Crippen LogP contribution >= 0.6 is 0 Å². The fourth-order valence-corrected chi connectivity index (χ4v) is 2.46. The molecule has 0 bridgehead atoms. The molecular weight excluding hydrogens is 198 g/mol. The molecule has 1 saturated heterocycles. The summed E-state index contributed by atoms with van der Waals surface area (Å²) in [6, 6.07) is 6.48. The van der Waals surface area contributed by atoms with Crippen molar-refractivity contribution in [3.05, 3.63) is 29.5 Å². The highest BCUT2D eigenvalue weighted by Crippen LogP contribution is 2.20. The molecule has 16 heavy (non-hydrogen) atoms. The largest absolute Gasteiger partial charge is 0.298 e. The van der Waals surface area contributed by atoms with Crippen LogP contribution in [0.5, 0.6) is 0 Å². The van der Waals surface area contributed by atoms with Gasteiger partial charge in [0.15, 0.2) is 0 Å². The quantitative estimate of drug-likeness (QED) is 0.834. The van der Waals surface area contributed by atoms with Gasteiger partial charge in [-0.25, -0.2) is 0 Å². The van der Waals surface area contributed by atoms with Crippen LogP contribution in [0.15, 0.2) is 18.2 Å². The number of hydrogen-bond acceptors (Lipinski definition) is 2. The van der Waals surface area contributed by atoms with Gasteiger partial charge >= 0.3 is 0 Å². The number of aryl methyl sites for hydroxylation is 1. The van der Waals surface area contributed by atoms with Crippen molar-refractivity contribution in [3.63, 3.8) is 0 Å². The summed E-state index contributed by atoms with van der Waals surface area (Å²) in [5, 5.41) is 8.82. The molecule has 0 atom stereocenters. The predicted octanol–water partition coefficient (Wildman–Crippen LogP) is 2.47. The van der Waals surface area contributed by atoms with Gasteiger partial charge in [0.05, 0.1) is 11.2 Å². The van der Waals surface area contributed by atoms with Crippen molar-refractivity contribution in [2.75, 3.05) is 13.1 Å². The van der Waals surface area contributed by atoms with Gasteiger partial charge in [0.2, 0.25) is 0 Å². The van der Waals surface area contributed by atoms with Crippen molar-refractivity contribution in [2.45, 2.75) is 26.3 Å². The summed E-state index contributed by atoms with van der Waals surface area (Å²) in [6.07, 6.45) is 2.68. The van der Waals surface area contributed by atoms with Gasteiger partial charge in [0.1, 0.15) is 0 Å². The van der Waals surface area contributed by atoms with E-state index in [9.17, 15) is 0 Å². The molecule has 1 fully saturated rings. The van der Waals surface area contributed by atoms with Crippen molar-refractivity contribution in [3.8, 4) is 0 Å². The van der Waals surface area contributed by atoms with Crippen LogP contribution in [-0.4, -0.2) is 28.2 Å². The van der Waals surface area contributed by atoms with E-state index in [2.05, 4.69) is 40.2 Å². The number of benzene rings is 1. The standard InChI is InChI=1S/C13H17N3/c1-10-4-5-11-12(8-10)14-15-13(11)9-16-6-2-3-7-16/h4-5,8H,2-3,6-7,9H2,1H3,(H,14,15). The molecule has 0 amide bonds. The predicted molar refractivity (Wildman–Crippen MR) is 65.3 cm³/mol. The van der Waals surface area contributed by atoms with Crippen LogP contribution in [0, 0.1) is 6.92 Å². The minimum Gasteiger partial charge on any atom is -0.298 e. The number of aromatic amines is 1. The number of nitrogens with one attached hydrogen (secondary N) is 1. The molecule has 1 aliphatic rings. The summed E-state index contributed by atoms with van der Waals surface area (Å²) in [5.74, 6) is 0. The maximum atomic E-state index is 4.37. The van der Waals surface area contributed by atoms with E-state index in [4.69, 9.17) is 0 Å². The molecule has 1 aliphatic heterocycles. The van der Waals surface area contributed by atoms with Crippen LogP contribution in [0.25, 0.3) is 10.9 Å². The third-order valence-electron chi connectivity index (χ3n) is 3.37. The van der Waals surface area contributed by atoms with Crippen molar-refractivity contribution in [2.24, 2.45) is 0 Å². The highest BCUT2D eigenvalue weighted by molar-refractivity contribution is 5.81. The third-order valence-corrected chi connectivity index (χ3v) is 3.37. The summed E-state index contributed by atoms with van der Waals surface area (Å²) in [4.78, 5) is 2.49. The molecular formula is C13H17N3. The van der Waals surface area contributed by atoms with Crippen LogP contribution in [0.3, 0.4) is 0 Å². The molecule has 0 aliphatic carbocycles. The Hall–Kier alpha value is -1.35. The molecule has 0 radical (unpaired) electrons. The van der Waals surface area contributed by atoms with Gasteiger partial charge in [-0.05, 0) is 44.5 Å². The molecule has 3 nitrogen and oxygen atoms in total. The van der Waals surface area contributed by atoms with Gasteiger partial charge in [-0.1, -0.05) is 12.1 Å². The van der Waals surface area contributed by atoms with Crippen LogP contribution in [0.4, 0.5) is 0 Å². The van der Waals surface area contributed by atoms with E-state index in [1.807, 2.05) is 0 Å². The normalized spacial score (nSPS) is 17.3. The van der Waals surface area contributed by atoms with E-state index in [-0.39, 0.29) is 0 Å². The second kappa shape index (κ2) is 3.91. The Morgan fingerprint density at radius 3 is 2.94 bits per heavy atom. The molecule has 1 aromatic heterocycles. The van der Waals surface area contributed by atoms with Gasteiger partial charge in [-0.15, -0.1) is 0 Å². The zero-order chi connectivity index (χ0) is 11.0. The van der Waals surface area contributed by atoms with Crippen LogP contribution in [0.2, 0.25) is 0 Å². The Morgan fingerprint density at radius 1 is 1.31 bits per heavy atom. The lowest BCUT2D eigenvalue weighted by atomic mass is 10.1. The number of rotatable bonds is 2. The van der Waals surface area contributed by atoms with E-state index < -0.39 is 0 Å². The summed E-state index contributed by atoms with van der Waals surface area (Å²) >= 11 is 0. The molecule has 3 rings (SSSR count). The van der Waals surface area contributed by atoms with Crippen molar-refractivity contribution in [1.29, 1.82) is 0 Å². The number of aromatic nitrogens is 2. The van der Waals surface area contributed by atoms with Gasteiger partial charge < -0.3 is 0 Å². The molecule has 0 saturated carbocycles. The van der Waals surface area contributed by atoms with Gasteiger partial charge in [0.25, 0.3) is 0 Å². The van der Waals surface area contributed by atoms with E-state index in [0.717, 1.165) is 12.1 Å². The number of H-pyrrole nitrogens is 1. The molecule has 84 valence electrons. The molecule has 2 aromatic rings. The Morgan fingerprint density at radius 2 is 2.12 bits per heavy atom. The first-order valence-corrected chi connectivity index (χ1v) is 5.99. The summed E-state index contributed by atoms with van der Waals surface area (Å²) in [6.45, 7) is 5.58. The maximum Gasteiger partial charge on any atom is 0.0926 e. The average Bonchev–Trinajstić information content (AvgIpc) is 2.89. The minimum atomic E-state index is 1.01. The highest BCUT2D eigenvalue weighted by Gasteiger charge is 2.14. The van der Waals surface area contributed by atoms with E-state index in [1.165, 1.54) is 42.6 Å². The van der Waals surface area contributed by atoms with E-state index >= 15 is 0 Å². The summed E-state index contributed by atoms with van der Waals surface area (Å²) in [5.41, 5.74) is 3.62. The highest BCUT2D eigenvalue weighted by atomic mass is 15.2.